The molecule has 1 aromatic rings. The highest BCUT2D eigenvalue weighted by molar-refractivity contribution is 5.92. The monoisotopic (exact) mass is 196 g/mol. The smallest absolute Gasteiger partial charge is 0.287 e. The maximum Gasteiger partial charge on any atom is 0.287 e. The zero-order valence-electron chi connectivity index (χ0n) is 8.54. The number of carbonyl (C=O) groups excluding carboxylic acids is 1. The van der Waals surface area contributed by atoms with Crippen LogP contribution in [0.15, 0.2) is 16.7 Å². The minimum absolute atomic E-state index is 0.173. The van der Waals surface area contributed by atoms with Crippen molar-refractivity contribution in [3.63, 3.8) is 0 Å². The van der Waals surface area contributed by atoms with Gasteiger partial charge in [0.2, 0.25) is 0 Å². The van der Waals surface area contributed by atoms with Crippen LogP contribution in [0.1, 0.15) is 23.0 Å². The normalized spacial score (nSPS) is 12.5. The highest BCUT2D eigenvalue weighted by Gasteiger charge is 2.12. The number of hydrogen-bond acceptors (Lipinski definition) is 3. The van der Waals surface area contributed by atoms with Gasteiger partial charge in [0.25, 0.3) is 5.91 Å². The lowest BCUT2D eigenvalue weighted by atomic mass is 10.2. The number of carbonyl (C=O) groups is 1. The van der Waals surface area contributed by atoms with Crippen molar-refractivity contribution < 1.29 is 9.21 Å². The van der Waals surface area contributed by atoms with Gasteiger partial charge in [-0.2, -0.15) is 0 Å². The van der Waals surface area contributed by atoms with Gasteiger partial charge in [-0.3, -0.25) is 4.79 Å². The Bertz CT molecular complexity index is 307. The van der Waals surface area contributed by atoms with Crippen LogP contribution in [0.2, 0.25) is 0 Å². The number of nitrogens with one attached hydrogen (secondary N) is 1. The third-order valence-corrected chi connectivity index (χ3v) is 2.08. The Hall–Kier alpha value is -1.29. The molecule has 4 nitrogen and oxygen atoms in total. The van der Waals surface area contributed by atoms with E-state index >= 15 is 0 Å². The first-order valence-electron chi connectivity index (χ1n) is 4.67. The van der Waals surface area contributed by atoms with Crippen LogP contribution in [-0.2, 0) is 0 Å². The summed E-state index contributed by atoms with van der Waals surface area (Å²) in [5, 5.41) is 2.76. The maximum absolute atomic E-state index is 11.5. The molecular formula is C10H16N2O2. The van der Waals surface area contributed by atoms with E-state index in [1.807, 2.05) is 13.8 Å². The summed E-state index contributed by atoms with van der Waals surface area (Å²) >= 11 is 0. The molecule has 0 spiro atoms. The summed E-state index contributed by atoms with van der Waals surface area (Å²) in [4.78, 5) is 11.5. The first-order chi connectivity index (χ1) is 6.65. The SMILES string of the molecule is Cc1ccoc1C(=O)NCC(C)CN. The molecule has 4 heteroatoms. The molecule has 1 aromatic heterocycles. The average Bonchev–Trinajstić information content (AvgIpc) is 2.60. The van der Waals surface area contributed by atoms with E-state index in [9.17, 15) is 4.79 Å². The van der Waals surface area contributed by atoms with Crippen molar-refractivity contribution in [2.24, 2.45) is 11.7 Å². The Balaban J connectivity index is 2.47. The molecule has 3 N–H and O–H groups in total. The lowest BCUT2D eigenvalue weighted by molar-refractivity contribution is 0.0920. The lowest BCUT2D eigenvalue weighted by Gasteiger charge is -2.08. The van der Waals surface area contributed by atoms with Gasteiger partial charge < -0.3 is 15.5 Å². The van der Waals surface area contributed by atoms with Gasteiger partial charge in [0.05, 0.1) is 6.26 Å². The van der Waals surface area contributed by atoms with Crippen molar-refractivity contribution >= 4 is 5.91 Å². The van der Waals surface area contributed by atoms with Crippen LogP contribution in [0.4, 0.5) is 0 Å². The molecule has 1 heterocycles. The summed E-state index contributed by atoms with van der Waals surface area (Å²) in [6.45, 7) is 4.97. The van der Waals surface area contributed by atoms with Crippen LogP contribution in [0.3, 0.4) is 0 Å². The fourth-order valence-electron chi connectivity index (χ4n) is 1.04. The number of furan rings is 1. The molecule has 0 aliphatic rings. The van der Waals surface area contributed by atoms with Crippen LogP contribution in [-0.4, -0.2) is 19.0 Å². The van der Waals surface area contributed by atoms with Gasteiger partial charge in [0.1, 0.15) is 0 Å². The Morgan fingerprint density at radius 2 is 2.43 bits per heavy atom. The molecule has 1 atom stereocenters. The highest BCUT2D eigenvalue weighted by Crippen LogP contribution is 2.08. The van der Waals surface area contributed by atoms with E-state index in [-0.39, 0.29) is 11.8 Å². The molecule has 14 heavy (non-hydrogen) atoms. The lowest BCUT2D eigenvalue weighted by Crippen LogP contribution is -2.31. The maximum atomic E-state index is 11.5. The molecule has 0 bridgehead atoms. The van der Waals surface area contributed by atoms with Gasteiger partial charge in [-0.15, -0.1) is 0 Å². The second-order valence-corrected chi connectivity index (χ2v) is 3.48. The van der Waals surface area contributed by atoms with E-state index in [0.29, 0.717) is 18.8 Å². The third-order valence-electron chi connectivity index (χ3n) is 2.08. The highest BCUT2D eigenvalue weighted by atomic mass is 16.3. The number of aryl methyl sites for hydroxylation is 1. The van der Waals surface area contributed by atoms with Crippen molar-refractivity contribution in [2.45, 2.75) is 13.8 Å². The molecule has 1 unspecified atom stereocenters. The molecule has 0 saturated heterocycles. The first kappa shape index (κ1) is 10.8. The van der Waals surface area contributed by atoms with Crippen LogP contribution in [0, 0.1) is 12.8 Å². The van der Waals surface area contributed by atoms with Crippen molar-refractivity contribution in [1.82, 2.24) is 5.32 Å². The standard InChI is InChI=1S/C10H16N2O2/c1-7(5-11)6-12-10(13)9-8(2)3-4-14-9/h3-4,7H,5-6,11H2,1-2H3,(H,12,13). The molecule has 1 rings (SSSR count). The third kappa shape index (κ3) is 2.60. The predicted octanol–water partition coefficient (Wildman–Crippen LogP) is 0.913. The largest absolute Gasteiger partial charge is 0.459 e. The molecule has 1 amide bonds. The second kappa shape index (κ2) is 4.81. The van der Waals surface area contributed by atoms with Gasteiger partial charge in [-0.25, -0.2) is 0 Å². The number of rotatable bonds is 4. The molecule has 78 valence electrons. The van der Waals surface area contributed by atoms with Crippen molar-refractivity contribution in [3.05, 3.63) is 23.7 Å². The second-order valence-electron chi connectivity index (χ2n) is 3.48. The zero-order valence-corrected chi connectivity index (χ0v) is 8.54. The minimum atomic E-state index is -0.173. The van der Waals surface area contributed by atoms with E-state index in [4.69, 9.17) is 10.2 Å². The number of amides is 1. The van der Waals surface area contributed by atoms with E-state index in [0.717, 1.165) is 5.56 Å². The Kier molecular flexibility index (Phi) is 3.71. The van der Waals surface area contributed by atoms with Gasteiger partial charge in [0, 0.05) is 12.1 Å². The van der Waals surface area contributed by atoms with E-state index in [1.165, 1.54) is 6.26 Å². The molecular weight excluding hydrogens is 180 g/mol. The summed E-state index contributed by atoms with van der Waals surface area (Å²) in [5.74, 6) is 0.497. The molecule has 0 aromatic carbocycles. The Morgan fingerprint density at radius 1 is 1.71 bits per heavy atom. The molecule has 0 aliphatic carbocycles. The summed E-state index contributed by atoms with van der Waals surface area (Å²) in [7, 11) is 0. The van der Waals surface area contributed by atoms with Crippen molar-refractivity contribution in [3.8, 4) is 0 Å². The fourth-order valence-corrected chi connectivity index (χ4v) is 1.04. The van der Waals surface area contributed by atoms with E-state index in [1.54, 1.807) is 6.07 Å². The zero-order chi connectivity index (χ0) is 10.6. The molecule has 0 saturated carbocycles. The molecule has 0 radical (unpaired) electrons. The van der Waals surface area contributed by atoms with Crippen molar-refractivity contribution in [1.29, 1.82) is 0 Å². The Morgan fingerprint density at radius 3 is 2.93 bits per heavy atom. The van der Waals surface area contributed by atoms with Crippen LogP contribution >= 0.6 is 0 Å². The van der Waals surface area contributed by atoms with Crippen molar-refractivity contribution in [2.75, 3.05) is 13.1 Å². The van der Waals surface area contributed by atoms with Gasteiger partial charge in [-0.05, 0) is 25.5 Å². The fraction of sp³-hybridized carbons (Fsp3) is 0.500. The average molecular weight is 196 g/mol. The quantitative estimate of drug-likeness (QED) is 0.752. The van der Waals surface area contributed by atoms with Crippen LogP contribution < -0.4 is 11.1 Å². The summed E-state index contributed by atoms with van der Waals surface area (Å²) in [6, 6.07) is 1.77. The topological polar surface area (TPSA) is 68.3 Å². The Labute approximate surface area is 83.5 Å². The van der Waals surface area contributed by atoms with Crippen LogP contribution in [0.25, 0.3) is 0 Å². The summed E-state index contributed by atoms with van der Waals surface area (Å²) in [5.41, 5.74) is 6.28. The molecule has 0 aliphatic heterocycles. The van der Waals surface area contributed by atoms with Crippen LogP contribution in [0.5, 0.6) is 0 Å². The van der Waals surface area contributed by atoms with E-state index < -0.39 is 0 Å². The molecule has 0 fully saturated rings. The predicted molar refractivity (Wildman–Crippen MR) is 54.0 cm³/mol. The van der Waals surface area contributed by atoms with Gasteiger partial charge in [-0.1, -0.05) is 6.92 Å². The van der Waals surface area contributed by atoms with E-state index in [2.05, 4.69) is 5.32 Å². The van der Waals surface area contributed by atoms with Gasteiger partial charge in [0.15, 0.2) is 5.76 Å². The minimum Gasteiger partial charge on any atom is -0.459 e. The van der Waals surface area contributed by atoms with Gasteiger partial charge >= 0.3 is 0 Å². The first-order valence-corrected chi connectivity index (χ1v) is 4.67. The number of nitrogens with two attached hydrogens (primary N) is 1. The summed E-state index contributed by atoms with van der Waals surface area (Å²) < 4.78 is 5.05. The number of hydrogen-bond donors (Lipinski definition) is 2. The summed E-state index contributed by atoms with van der Waals surface area (Å²) in [6.07, 6.45) is 1.51.